The average molecular weight is 363 g/mol. The van der Waals surface area contributed by atoms with Crippen molar-refractivity contribution < 1.29 is 4.79 Å². The number of amides is 1. The molecule has 0 spiro atoms. The Kier molecular flexibility index (Phi) is 5.09. The summed E-state index contributed by atoms with van der Waals surface area (Å²) in [6, 6.07) is 13.1. The Hall–Kier alpha value is -1.72. The molecule has 0 saturated carbocycles. The summed E-state index contributed by atoms with van der Waals surface area (Å²) in [6.07, 6.45) is 0. The zero-order valence-electron chi connectivity index (χ0n) is 11.7. The van der Waals surface area contributed by atoms with Crippen LogP contribution in [0.1, 0.15) is 21.5 Å². The van der Waals surface area contributed by atoms with Gasteiger partial charge in [-0.2, -0.15) is 0 Å². The van der Waals surface area contributed by atoms with Crippen LogP contribution >= 0.6 is 28.1 Å². The lowest BCUT2D eigenvalue weighted by Gasteiger charge is -2.10. The van der Waals surface area contributed by atoms with Gasteiger partial charge in [0.05, 0.1) is 0 Å². The van der Waals surface area contributed by atoms with E-state index in [2.05, 4.69) is 26.6 Å². The van der Waals surface area contributed by atoms with Crippen molar-refractivity contribution in [2.24, 2.45) is 0 Å². The smallest absolute Gasteiger partial charge is 0.257 e. The quantitative estimate of drug-likeness (QED) is 0.786. The van der Waals surface area contributed by atoms with Crippen LogP contribution in [-0.2, 0) is 0 Å². The van der Waals surface area contributed by atoms with Gasteiger partial charge in [-0.1, -0.05) is 22.0 Å². The molecule has 2 rings (SSSR count). The number of carbonyl (C=O) groups excluding carboxylic acids is 1. The van der Waals surface area contributed by atoms with Gasteiger partial charge in [0.25, 0.3) is 5.91 Å². The van der Waals surface area contributed by atoms with Gasteiger partial charge in [0, 0.05) is 15.7 Å². The van der Waals surface area contributed by atoms with Crippen molar-refractivity contribution in [3.8, 4) is 0 Å². The van der Waals surface area contributed by atoms with E-state index >= 15 is 0 Å². The van der Waals surface area contributed by atoms with Crippen LogP contribution in [0.3, 0.4) is 0 Å². The molecule has 108 valence electrons. The van der Waals surface area contributed by atoms with Crippen LogP contribution in [0.15, 0.2) is 46.9 Å². The molecule has 0 saturated heterocycles. The zero-order chi connectivity index (χ0) is 15.4. The summed E-state index contributed by atoms with van der Waals surface area (Å²) < 4.78 is 0.984. The van der Waals surface area contributed by atoms with E-state index in [1.165, 1.54) is 0 Å². The van der Waals surface area contributed by atoms with Gasteiger partial charge in [0.1, 0.15) is 0 Å². The van der Waals surface area contributed by atoms with Gasteiger partial charge in [-0.15, -0.1) is 0 Å². The summed E-state index contributed by atoms with van der Waals surface area (Å²) in [5.41, 5.74) is 3.65. The lowest BCUT2D eigenvalue weighted by molar-refractivity contribution is 0.0977. The fourth-order valence-corrected chi connectivity index (χ4v) is 2.23. The topological polar surface area (TPSA) is 41.1 Å². The van der Waals surface area contributed by atoms with Crippen molar-refractivity contribution >= 4 is 44.9 Å². The number of nitrogens with one attached hydrogen (secondary N) is 2. The second-order valence-corrected chi connectivity index (χ2v) is 6.04. The maximum Gasteiger partial charge on any atom is 0.257 e. The lowest BCUT2D eigenvalue weighted by atomic mass is 10.1. The highest BCUT2D eigenvalue weighted by Crippen LogP contribution is 2.14. The third-order valence-electron chi connectivity index (χ3n) is 3.10. The van der Waals surface area contributed by atoms with Gasteiger partial charge in [-0.25, -0.2) is 0 Å². The fourth-order valence-electron chi connectivity index (χ4n) is 1.75. The van der Waals surface area contributed by atoms with Crippen molar-refractivity contribution in [3.63, 3.8) is 0 Å². The predicted molar refractivity (Wildman–Crippen MR) is 93.7 cm³/mol. The number of carbonyl (C=O) groups is 1. The number of halogens is 1. The Balaban J connectivity index is 2.00. The van der Waals surface area contributed by atoms with Gasteiger partial charge in [0.2, 0.25) is 0 Å². The fraction of sp³-hybridized carbons (Fsp3) is 0.125. The largest absolute Gasteiger partial charge is 0.332 e. The van der Waals surface area contributed by atoms with E-state index in [1.807, 2.05) is 50.2 Å². The number of hydrogen-bond donors (Lipinski definition) is 2. The maximum absolute atomic E-state index is 12.1. The lowest BCUT2D eigenvalue weighted by Crippen LogP contribution is -2.34. The van der Waals surface area contributed by atoms with E-state index in [-0.39, 0.29) is 11.0 Å². The SMILES string of the molecule is Cc1ccc(C(=O)NC(=S)Nc2ccc(Br)cc2)cc1C. The molecule has 0 aromatic heterocycles. The van der Waals surface area contributed by atoms with Crippen molar-refractivity contribution in [1.82, 2.24) is 5.32 Å². The Bertz CT molecular complexity index is 683. The third kappa shape index (κ3) is 4.37. The van der Waals surface area contributed by atoms with E-state index in [0.29, 0.717) is 5.56 Å². The first-order valence-electron chi connectivity index (χ1n) is 6.41. The standard InChI is InChI=1S/C16H15BrN2OS/c1-10-3-4-12(9-11(10)2)15(20)19-16(21)18-14-7-5-13(17)6-8-14/h3-9H,1-2H3,(H2,18,19,20,21). The molecule has 0 aliphatic rings. The van der Waals surface area contributed by atoms with Crippen LogP contribution in [-0.4, -0.2) is 11.0 Å². The number of anilines is 1. The minimum atomic E-state index is -0.215. The molecule has 0 aliphatic carbocycles. The van der Waals surface area contributed by atoms with Crippen LogP contribution in [0.4, 0.5) is 5.69 Å². The molecule has 3 nitrogen and oxygen atoms in total. The van der Waals surface area contributed by atoms with E-state index in [4.69, 9.17) is 12.2 Å². The van der Waals surface area contributed by atoms with E-state index in [9.17, 15) is 4.79 Å². The molecule has 21 heavy (non-hydrogen) atoms. The molecule has 0 radical (unpaired) electrons. The number of hydrogen-bond acceptors (Lipinski definition) is 2. The van der Waals surface area contributed by atoms with E-state index in [0.717, 1.165) is 21.3 Å². The molecule has 2 aromatic rings. The van der Waals surface area contributed by atoms with Crippen molar-refractivity contribution in [2.45, 2.75) is 13.8 Å². The average Bonchev–Trinajstić information content (AvgIpc) is 2.44. The van der Waals surface area contributed by atoms with Gasteiger partial charge >= 0.3 is 0 Å². The predicted octanol–water partition coefficient (Wildman–Crippen LogP) is 4.19. The second kappa shape index (κ2) is 6.83. The highest BCUT2D eigenvalue weighted by Gasteiger charge is 2.08. The van der Waals surface area contributed by atoms with Gasteiger partial charge < -0.3 is 5.32 Å². The Labute approximate surface area is 137 Å². The first kappa shape index (κ1) is 15.7. The molecule has 0 unspecified atom stereocenters. The minimum Gasteiger partial charge on any atom is -0.332 e. The Morgan fingerprint density at radius 1 is 1.05 bits per heavy atom. The summed E-state index contributed by atoms with van der Waals surface area (Å²) in [5.74, 6) is -0.215. The van der Waals surface area contributed by atoms with Gasteiger partial charge in [0.15, 0.2) is 5.11 Å². The van der Waals surface area contributed by atoms with Gasteiger partial charge in [-0.3, -0.25) is 10.1 Å². The van der Waals surface area contributed by atoms with E-state index < -0.39 is 0 Å². The van der Waals surface area contributed by atoms with Crippen molar-refractivity contribution in [3.05, 3.63) is 63.6 Å². The summed E-state index contributed by atoms with van der Waals surface area (Å²) in [4.78, 5) is 12.1. The summed E-state index contributed by atoms with van der Waals surface area (Å²) in [6.45, 7) is 3.99. The Morgan fingerprint density at radius 2 is 1.71 bits per heavy atom. The van der Waals surface area contributed by atoms with Crippen molar-refractivity contribution in [1.29, 1.82) is 0 Å². The van der Waals surface area contributed by atoms with Gasteiger partial charge in [-0.05, 0) is 73.6 Å². The molecule has 0 fully saturated rings. The molecule has 0 bridgehead atoms. The van der Waals surface area contributed by atoms with Crippen LogP contribution in [0.5, 0.6) is 0 Å². The summed E-state index contributed by atoms with van der Waals surface area (Å²) in [5, 5.41) is 5.93. The first-order valence-corrected chi connectivity index (χ1v) is 7.61. The number of aryl methyl sites for hydroxylation is 2. The second-order valence-electron chi connectivity index (χ2n) is 4.71. The zero-order valence-corrected chi connectivity index (χ0v) is 14.1. The van der Waals surface area contributed by atoms with Crippen LogP contribution in [0.25, 0.3) is 0 Å². The molecular formula is C16H15BrN2OS. The van der Waals surface area contributed by atoms with Crippen molar-refractivity contribution in [2.75, 3.05) is 5.32 Å². The molecule has 0 heterocycles. The van der Waals surface area contributed by atoms with E-state index in [1.54, 1.807) is 6.07 Å². The normalized spacial score (nSPS) is 10.0. The number of benzene rings is 2. The minimum absolute atomic E-state index is 0.215. The molecule has 5 heteroatoms. The number of thiocarbonyl (C=S) groups is 1. The van der Waals surface area contributed by atoms with Crippen LogP contribution in [0.2, 0.25) is 0 Å². The first-order chi connectivity index (χ1) is 9.95. The molecule has 0 aliphatic heterocycles. The Morgan fingerprint density at radius 3 is 2.33 bits per heavy atom. The van der Waals surface area contributed by atoms with Crippen LogP contribution < -0.4 is 10.6 Å². The summed E-state index contributed by atoms with van der Waals surface area (Å²) >= 11 is 8.51. The maximum atomic E-state index is 12.1. The third-order valence-corrected chi connectivity index (χ3v) is 3.83. The highest BCUT2D eigenvalue weighted by molar-refractivity contribution is 9.10. The molecule has 0 atom stereocenters. The molecule has 1 amide bonds. The molecule has 2 N–H and O–H groups in total. The molecular weight excluding hydrogens is 348 g/mol. The molecule has 2 aromatic carbocycles. The monoisotopic (exact) mass is 362 g/mol. The highest BCUT2D eigenvalue weighted by atomic mass is 79.9. The summed E-state index contributed by atoms with van der Waals surface area (Å²) in [7, 11) is 0. The van der Waals surface area contributed by atoms with Crippen LogP contribution in [0, 0.1) is 13.8 Å². The number of rotatable bonds is 2.